The SMILES string of the molecule is Cc1cccc(OC[C@H](O)CN2C[C@@H](C)O[C@@H](C)C2)c1C. The van der Waals surface area contributed by atoms with Crippen molar-refractivity contribution >= 4 is 0 Å². The van der Waals surface area contributed by atoms with Crippen LogP contribution in [0.1, 0.15) is 25.0 Å². The van der Waals surface area contributed by atoms with E-state index >= 15 is 0 Å². The number of aliphatic hydroxyl groups excluding tert-OH is 1. The molecule has 1 aliphatic rings. The lowest BCUT2D eigenvalue weighted by molar-refractivity contribution is -0.0786. The van der Waals surface area contributed by atoms with Crippen LogP contribution < -0.4 is 4.74 Å². The first-order chi connectivity index (χ1) is 9.95. The van der Waals surface area contributed by atoms with Crippen LogP contribution in [0.3, 0.4) is 0 Å². The van der Waals surface area contributed by atoms with Crippen molar-refractivity contribution in [1.29, 1.82) is 0 Å². The number of hydrogen-bond donors (Lipinski definition) is 1. The molecule has 1 fully saturated rings. The van der Waals surface area contributed by atoms with Crippen molar-refractivity contribution < 1.29 is 14.6 Å². The van der Waals surface area contributed by atoms with Gasteiger partial charge in [0.05, 0.1) is 12.2 Å². The number of rotatable bonds is 5. The van der Waals surface area contributed by atoms with Crippen molar-refractivity contribution in [1.82, 2.24) is 4.90 Å². The zero-order chi connectivity index (χ0) is 15.4. The Bertz CT molecular complexity index is 453. The maximum absolute atomic E-state index is 10.2. The molecule has 0 amide bonds. The quantitative estimate of drug-likeness (QED) is 0.903. The number of hydrogen-bond acceptors (Lipinski definition) is 4. The summed E-state index contributed by atoms with van der Waals surface area (Å²) in [7, 11) is 0. The fraction of sp³-hybridized carbons (Fsp3) is 0.647. The van der Waals surface area contributed by atoms with Crippen LogP contribution >= 0.6 is 0 Å². The van der Waals surface area contributed by atoms with Gasteiger partial charge in [0, 0.05) is 19.6 Å². The van der Waals surface area contributed by atoms with Crippen molar-refractivity contribution in [2.45, 2.75) is 46.0 Å². The third-order valence-corrected chi connectivity index (χ3v) is 3.95. The first-order valence-electron chi connectivity index (χ1n) is 7.70. The number of benzene rings is 1. The van der Waals surface area contributed by atoms with Gasteiger partial charge in [0.1, 0.15) is 18.5 Å². The van der Waals surface area contributed by atoms with Gasteiger partial charge in [-0.05, 0) is 44.9 Å². The molecule has 1 aromatic rings. The Morgan fingerprint density at radius 1 is 1.29 bits per heavy atom. The standard InChI is InChI=1S/C17H27NO3/c1-12-6-5-7-17(15(12)4)20-11-16(19)10-18-8-13(2)21-14(3)9-18/h5-7,13-14,16,19H,8-11H2,1-4H3/t13-,14+,16-/m1/s1. The summed E-state index contributed by atoms with van der Waals surface area (Å²) in [6.45, 7) is 10.9. The summed E-state index contributed by atoms with van der Waals surface area (Å²) in [5.74, 6) is 0.859. The van der Waals surface area contributed by atoms with Gasteiger partial charge in [-0.3, -0.25) is 4.90 Å². The molecule has 0 spiro atoms. The highest BCUT2D eigenvalue weighted by atomic mass is 16.5. The monoisotopic (exact) mass is 293 g/mol. The van der Waals surface area contributed by atoms with Gasteiger partial charge in [0.2, 0.25) is 0 Å². The van der Waals surface area contributed by atoms with Crippen LogP contribution in [0, 0.1) is 13.8 Å². The zero-order valence-corrected chi connectivity index (χ0v) is 13.5. The van der Waals surface area contributed by atoms with Gasteiger partial charge in [0.15, 0.2) is 0 Å². The van der Waals surface area contributed by atoms with E-state index in [9.17, 15) is 5.11 Å². The minimum atomic E-state index is -0.484. The average molecular weight is 293 g/mol. The van der Waals surface area contributed by atoms with E-state index in [2.05, 4.69) is 31.7 Å². The topological polar surface area (TPSA) is 41.9 Å². The molecule has 0 aliphatic carbocycles. The Morgan fingerprint density at radius 2 is 1.95 bits per heavy atom. The van der Waals surface area contributed by atoms with Crippen LogP contribution in [0.15, 0.2) is 18.2 Å². The lowest BCUT2D eigenvalue weighted by Crippen LogP contribution is -2.48. The van der Waals surface area contributed by atoms with Gasteiger partial charge in [-0.1, -0.05) is 12.1 Å². The molecule has 0 bridgehead atoms. The highest BCUT2D eigenvalue weighted by molar-refractivity contribution is 5.38. The van der Waals surface area contributed by atoms with Crippen LogP contribution in [0.5, 0.6) is 5.75 Å². The summed E-state index contributed by atoms with van der Waals surface area (Å²) < 4.78 is 11.5. The molecular formula is C17H27NO3. The molecule has 4 heteroatoms. The Balaban J connectivity index is 1.82. The summed E-state index contributed by atoms with van der Waals surface area (Å²) in [4.78, 5) is 2.25. The van der Waals surface area contributed by atoms with Crippen molar-refractivity contribution in [2.24, 2.45) is 0 Å². The van der Waals surface area contributed by atoms with Crippen molar-refractivity contribution in [3.05, 3.63) is 29.3 Å². The highest BCUT2D eigenvalue weighted by Crippen LogP contribution is 2.20. The lowest BCUT2D eigenvalue weighted by Gasteiger charge is -2.36. The Kier molecular flexibility index (Phi) is 5.62. The molecule has 0 saturated carbocycles. The van der Waals surface area contributed by atoms with Crippen LogP contribution in [0.25, 0.3) is 0 Å². The molecule has 1 N–H and O–H groups in total. The largest absolute Gasteiger partial charge is 0.491 e. The number of aryl methyl sites for hydroxylation is 1. The molecule has 0 unspecified atom stereocenters. The van der Waals surface area contributed by atoms with Gasteiger partial charge in [0.25, 0.3) is 0 Å². The molecule has 118 valence electrons. The second-order valence-corrected chi connectivity index (χ2v) is 6.14. The third-order valence-electron chi connectivity index (χ3n) is 3.95. The predicted octanol–water partition coefficient (Wildman–Crippen LogP) is 2.15. The van der Waals surface area contributed by atoms with Gasteiger partial charge in [-0.25, -0.2) is 0 Å². The van der Waals surface area contributed by atoms with Gasteiger partial charge >= 0.3 is 0 Å². The fourth-order valence-corrected chi connectivity index (χ4v) is 2.85. The Labute approximate surface area is 127 Å². The molecular weight excluding hydrogens is 266 g/mol. The van der Waals surface area contributed by atoms with E-state index < -0.39 is 6.10 Å². The predicted molar refractivity (Wildman–Crippen MR) is 83.9 cm³/mol. The van der Waals surface area contributed by atoms with E-state index in [0.717, 1.165) is 24.4 Å². The Hall–Kier alpha value is -1.10. The van der Waals surface area contributed by atoms with E-state index in [-0.39, 0.29) is 12.2 Å². The molecule has 1 heterocycles. The van der Waals surface area contributed by atoms with Gasteiger partial charge < -0.3 is 14.6 Å². The zero-order valence-electron chi connectivity index (χ0n) is 13.5. The molecule has 21 heavy (non-hydrogen) atoms. The first-order valence-corrected chi connectivity index (χ1v) is 7.70. The average Bonchev–Trinajstić information content (AvgIpc) is 2.39. The normalized spacial score (nSPS) is 24.8. The van der Waals surface area contributed by atoms with Gasteiger partial charge in [-0.2, -0.15) is 0 Å². The second kappa shape index (κ2) is 7.25. The minimum absolute atomic E-state index is 0.223. The number of β-amino-alcohol motifs (C(OH)–C–C–N with tert-alkyl or cyclic N) is 1. The molecule has 4 nitrogen and oxygen atoms in total. The van der Waals surface area contributed by atoms with E-state index in [4.69, 9.17) is 9.47 Å². The van der Waals surface area contributed by atoms with Crippen LogP contribution in [0.4, 0.5) is 0 Å². The molecule has 2 rings (SSSR count). The van der Waals surface area contributed by atoms with E-state index in [1.54, 1.807) is 0 Å². The van der Waals surface area contributed by atoms with Crippen molar-refractivity contribution in [3.63, 3.8) is 0 Å². The van der Waals surface area contributed by atoms with E-state index in [0.29, 0.717) is 13.2 Å². The molecule has 1 aromatic carbocycles. The number of ether oxygens (including phenoxy) is 2. The first kappa shape index (κ1) is 16.3. The van der Waals surface area contributed by atoms with E-state index in [1.807, 2.05) is 19.1 Å². The summed E-state index contributed by atoms with van der Waals surface area (Å²) in [5, 5.41) is 10.2. The summed E-state index contributed by atoms with van der Waals surface area (Å²) in [6.07, 6.45) is -0.0378. The summed E-state index contributed by atoms with van der Waals surface area (Å²) in [5.41, 5.74) is 2.34. The molecule has 0 aromatic heterocycles. The second-order valence-electron chi connectivity index (χ2n) is 6.14. The molecule has 3 atom stereocenters. The highest BCUT2D eigenvalue weighted by Gasteiger charge is 2.24. The minimum Gasteiger partial charge on any atom is -0.491 e. The molecule has 1 aliphatic heterocycles. The van der Waals surface area contributed by atoms with Crippen LogP contribution in [0.2, 0.25) is 0 Å². The fourth-order valence-electron chi connectivity index (χ4n) is 2.85. The lowest BCUT2D eigenvalue weighted by atomic mass is 10.1. The number of nitrogens with zero attached hydrogens (tertiary/aromatic N) is 1. The van der Waals surface area contributed by atoms with Crippen LogP contribution in [-0.4, -0.2) is 54.6 Å². The molecule has 0 radical (unpaired) electrons. The number of aliphatic hydroxyl groups is 1. The number of morpholine rings is 1. The van der Waals surface area contributed by atoms with Crippen molar-refractivity contribution in [3.8, 4) is 5.75 Å². The van der Waals surface area contributed by atoms with E-state index in [1.165, 1.54) is 5.56 Å². The maximum atomic E-state index is 10.2. The summed E-state index contributed by atoms with van der Waals surface area (Å²) >= 11 is 0. The summed E-state index contributed by atoms with van der Waals surface area (Å²) in [6, 6.07) is 6.00. The smallest absolute Gasteiger partial charge is 0.122 e. The third kappa shape index (κ3) is 4.70. The van der Waals surface area contributed by atoms with Crippen molar-refractivity contribution in [2.75, 3.05) is 26.2 Å². The van der Waals surface area contributed by atoms with Crippen LogP contribution in [-0.2, 0) is 4.74 Å². The molecule has 1 saturated heterocycles. The van der Waals surface area contributed by atoms with Gasteiger partial charge in [-0.15, -0.1) is 0 Å². The maximum Gasteiger partial charge on any atom is 0.122 e. The Morgan fingerprint density at radius 3 is 2.62 bits per heavy atom.